The molecule has 0 bridgehead atoms. The lowest BCUT2D eigenvalue weighted by Gasteiger charge is -2.32. The summed E-state index contributed by atoms with van der Waals surface area (Å²) < 4.78 is 12.2. The molecule has 32 heavy (non-hydrogen) atoms. The van der Waals surface area contributed by atoms with Crippen LogP contribution in [-0.4, -0.2) is 51.9 Å². The van der Waals surface area contributed by atoms with Crippen LogP contribution in [0.3, 0.4) is 0 Å². The van der Waals surface area contributed by atoms with Gasteiger partial charge in [-0.25, -0.2) is 4.68 Å². The summed E-state index contributed by atoms with van der Waals surface area (Å²) in [5.41, 5.74) is 0.881. The van der Waals surface area contributed by atoms with Crippen molar-refractivity contribution in [3.05, 3.63) is 59.6 Å². The fourth-order valence-corrected chi connectivity index (χ4v) is 3.77. The number of rotatable bonds is 6. The highest BCUT2D eigenvalue weighted by Gasteiger charge is 2.28. The number of carbonyl (C=O) groups is 2. The molecule has 0 saturated carbocycles. The monoisotopic (exact) mass is 437 g/mol. The van der Waals surface area contributed by atoms with E-state index in [2.05, 4.69) is 15.6 Å². The molecule has 0 aliphatic carbocycles. The molecule has 3 aromatic rings. The second-order valence-electron chi connectivity index (χ2n) is 8.14. The summed E-state index contributed by atoms with van der Waals surface area (Å²) in [6, 6.07) is 10.5. The third kappa shape index (κ3) is 4.51. The SMILES string of the molecule is COc1ccc(C(=O)Nc2ccnn2C2CCN(C(=O)c3cc(C(C)C)on3)CC2)cc1. The van der Waals surface area contributed by atoms with Gasteiger partial charge in [0.2, 0.25) is 0 Å². The van der Waals surface area contributed by atoms with E-state index in [0.29, 0.717) is 41.7 Å². The molecular formula is C23H27N5O4. The number of piperidine rings is 1. The maximum absolute atomic E-state index is 12.8. The van der Waals surface area contributed by atoms with Gasteiger partial charge in [0, 0.05) is 36.7 Å². The second kappa shape index (κ2) is 9.25. The van der Waals surface area contributed by atoms with Crippen LogP contribution < -0.4 is 10.1 Å². The Morgan fingerprint density at radius 1 is 1.16 bits per heavy atom. The van der Waals surface area contributed by atoms with Crippen molar-refractivity contribution in [3.63, 3.8) is 0 Å². The number of ether oxygens (including phenoxy) is 1. The molecule has 1 saturated heterocycles. The second-order valence-corrected chi connectivity index (χ2v) is 8.14. The molecule has 0 spiro atoms. The van der Waals surface area contributed by atoms with E-state index in [1.54, 1.807) is 54.6 Å². The van der Waals surface area contributed by atoms with E-state index in [0.717, 1.165) is 12.8 Å². The Bertz CT molecular complexity index is 1080. The topological polar surface area (TPSA) is 102 Å². The van der Waals surface area contributed by atoms with Crippen molar-refractivity contribution >= 4 is 17.6 Å². The maximum Gasteiger partial charge on any atom is 0.276 e. The molecule has 0 atom stereocenters. The number of likely N-dealkylation sites (tertiary alicyclic amines) is 1. The number of amides is 2. The molecule has 0 unspecified atom stereocenters. The van der Waals surface area contributed by atoms with E-state index in [1.807, 2.05) is 18.5 Å². The summed E-state index contributed by atoms with van der Waals surface area (Å²) in [6.45, 7) is 5.16. The van der Waals surface area contributed by atoms with Gasteiger partial charge in [-0.3, -0.25) is 9.59 Å². The van der Waals surface area contributed by atoms with Crippen LogP contribution in [0, 0.1) is 0 Å². The quantitative estimate of drug-likeness (QED) is 0.630. The van der Waals surface area contributed by atoms with Gasteiger partial charge in [0.25, 0.3) is 11.8 Å². The molecule has 9 heteroatoms. The summed E-state index contributed by atoms with van der Waals surface area (Å²) in [7, 11) is 1.58. The summed E-state index contributed by atoms with van der Waals surface area (Å²) in [5, 5.41) is 11.3. The van der Waals surface area contributed by atoms with Crippen LogP contribution in [-0.2, 0) is 0 Å². The van der Waals surface area contributed by atoms with Crippen molar-refractivity contribution < 1.29 is 18.8 Å². The first-order valence-corrected chi connectivity index (χ1v) is 10.7. The molecule has 3 heterocycles. The van der Waals surface area contributed by atoms with Crippen molar-refractivity contribution in [1.29, 1.82) is 0 Å². The van der Waals surface area contributed by atoms with Crippen molar-refractivity contribution in [1.82, 2.24) is 19.8 Å². The lowest BCUT2D eigenvalue weighted by atomic mass is 10.0. The Morgan fingerprint density at radius 3 is 2.50 bits per heavy atom. The zero-order valence-corrected chi connectivity index (χ0v) is 18.4. The van der Waals surface area contributed by atoms with Crippen LogP contribution in [0.1, 0.15) is 65.3 Å². The molecular weight excluding hydrogens is 410 g/mol. The number of nitrogens with zero attached hydrogens (tertiary/aromatic N) is 4. The van der Waals surface area contributed by atoms with Crippen LogP contribution in [0.2, 0.25) is 0 Å². The van der Waals surface area contributed by atoms with E-state index in [-0.39, 0.29) is 23.8 Å². The van der Waals surface area contributed by atoms with E-state index in [9.17, 15) is 9.59 Å². The standard InChI is InChI=1S/C23H27N5O4/c1-15(2)20-14-19(26-32-20)23(30)27-12-9-17(10-13-27)28-21(8-11-24-28)25-22(29)16-4-6-18(31-3)7-5-16/h4-8,11,14-15,17H,9-10,12-13H2,1-3H3,(H,25,29). The largest absolute Gasteiger partial charge is 0.497 e. The number of anilines is 1. The molecule has 9 nitrogen and oxygen atoms in total. The summed E-state index contributed by atoms with van der Waals surface area (Å²) in [6.07, 6.45) is 3.13. The zero-order valence-electron chi connectivity index (χ0n) is 18.4. The fraction of sp³-hybridized carbons (Fsp3) is 0.391. The maximum atomic E-state index is 12.8. The molecule has 1 aliphatic rings. The van der Waals surface area contributed by atoms with E-state index in [1.165, 1.54) is 0 Å². The predicted octanol–water partition coefficient (Wildman–Crippen LogP) is 3.73. The van der Waals surface area contributed by atoms with Crippen LogP contribution in [0.25, 0.3) is 0 Å². The fourth-order valence-electron chi connectivity index (χ4n) is 3.77. The van der Waals surface area contributed by atoms with Crippen molar-refractivity contribution in [3.8, 4) is 5.75 Å². The lowest BCUT2D eigenvalue weighted by molar-refractivity contribution is 0.0680. The van der Waals surface area contributed by atoms with Gasteiger partial charge in [-0.1, -0.05) is 19.0 Å². The minimum atomic E-state index is -0.214. The Kier molecular flexibility index (Phi) is 6.25. The molecule has 1 aromatic carbocycles. The predicted molar refractivity (Wildman–Crippen MR) is 118 cm³/mol. The van der Waals surface area contributed by atoms with Crippen LogP contribution in [0.5, 0.6) is 5.75 Å². The summed E-state index contributed by atoms with van der Waals surface area (Å²) in [5.74, 6) is 1.88. The molecule has 1 N–H and O–H groups in total. The smallest absolute Gasteiger partial charge is 0.276 e. The number of methoxy groups -OCH3 is 1. The van der Waals surface area contributed by atoms with Gasteiger partial charge in [0.05, 0.1) is 19.3 Å². The van der Waals surface area contributed by atoms with Gasteiger partial charge in [-0.05, 0) is 37.1 Å². The number of hydrogen-bond donors (Lipinski definition) is 1. The number of nitrogens with one attached hydrogen (secondary N) is 1. The Balaban J connectivity index is 1.37. The lowest BCUT2D eigenvalue weighted by Crippen LogP contribution is -2.39. The van der Waals surface area contributed by atoms with Crippen LogP contribution in [0.15, 0.2) is 47.1 Å². The minimum Gasteiger partial charge on any atom is -0.497 e. The molecule has 4 rings (SSSR count). The molecule has 0 radical (unpaired) electrons. The molecule has 168 valence electrons. The molecule has 1 aliphatic heterocycles. The Hall–Kier alpha value is -3.62. The molecule has 2 aromatic heterocycles. The minimum absolute atomic E-state index is 0.0868. The van der Waals surface area contributed by atoms with E-state index < -0.39 is 0 Å². The van der Waals surface area contributed by atoms with Crippen molar-refractivity contribution in [2.75, 3.05) is 25.5 Å². The van der Waals surface area contributed by atoms with Gasteiger partial charge >= 0.3 is 0 Å². The van der Waals surface area contributed by atoms with Gasteiger partial charge in [0.15, 0.2) is 5.69 Å². The van der Waals surface area contributed by atoms with Crippen LogP contribution in [0.4, 0.5) is 5.82 Å². The Labute approximate surface area is 186 Å². The number of hydrogen-bond acceptors (Lipinski definition) is 6. The third-order valence-corrected chi connectivity index (χ3v) is 5.68. The van der Waals surface area contributed by atoms with E-state index >= 15 is 0 Å². The van der Waals surface area contributed by atoms with Crippen molar-refractivity contribution in [2.45, 2.75) is 38.6 Å². The first-order chi connectivity index (χ1) is 15.5. The normalized spacial score (nSPS) is 14.6. The Morgan fingerprint density at radius 2 is 1.88 bits per heavy atom. The van der Waals surface area contributed by atoms with Gasteiger partial charge in [0.1, 0.15) is 17.3 Å². The number of carbonyl (C=O) groups excluding carboxylic acids is 2. The zero-order chi connectivity index (χ0) is 22.7. The average Bonchev–Trinajstić information content (AvgIpc) is 3.49. The molecule has 2 amide bonds. The molecule has 1 fully saturated rings. The first kappa shape index (κ1) is 21.6. The highest BCUT2D eigenvalue weighted by atomic mass is 16.5. The third-order valence-electron chi connectivity index (χ3n) is 5.68. The summed E-state index contributed by atoms with van der Waals surface area (Å²) in [4.78, 5) is 27.2. The van der Waals surface area contributed by atoms with Gasteiger partial charge < -0.3 is 19.5 Å². The van der Waals surface area contributed by atoms with E-state index in [4.69, 9.17) is 9.26 Å². The van der Waals surface area contributed by atoms with Gasteiger partial charge in [-0.15, -0.1) is 0 Å². The number of benzene rings is 1. The van der Waals surface area contributed by atoms with Crippen LogP contribution >= 0.6 is 0 Å². The van der Waals surface area contributed by atoms with Gasteiger partial charge in [-0.2, -0.15) is 5.10 Å². The highest BCUT2D eigenvalue weighted by Crippen LogP contribution is 2.27. The number of aromatic nitrogens is 3. The first-order valence-electron chi connectivity index (χ1n) is 10.7. The van der Waals surface area contributed by atoms with Crippen molar-refractivity contribution in [2.24, 2.45) is 0 Å². The summed E-state index contributed by atoms with van der Waals surface area (Å²) >= 11 is 0. The highest BCUT2D eigenvalue weighted by molar-refractivity contribution is 6.03. The average molecular weight is 438 g/mol.